The first kappa shape index (κ1) is 24.0. The third kappa shape index (κ3) is 5.97. The molecule has 2 heterocycles. The molecular weight excluding hydrogens is 443 g/mol. The van der Waals surface area contributed by atoms with Gasteiger partial charge in [-0.1, -0.05) is 49.7 Å². The highest BCUT2D eigenvalue weighted by molar-refractivity contribution is 6.42. The van der Waals surface area contributed by atoms with Gasteiger partial charge in [-0.15, -0.1) is 0 Å². The topological polar surface area (TPSA) is 74.8 Å². The monoisotopic (exact) mass is 470 g/mol. The van der Waals surface area contributed by atoms with Crippen LogP contribution in [-0.4, -0.2) is 33.1 Å². The lowest BCUT2D eigenvalue weighted by Crippen LogP contribution is -2.44. The Labute approximate surface area is 199 Å². The summed E-state index contributed by atoms with van der Waals surface area (Å²) in [5, 5.41) is 11.0. The molecule has 6 nitrogen and oxygen atoms in total. The molecular formula is C24H28Cl2N6. The molecule has 0 saturated heterocycles. The van der Waals surface area contributed by atoms with E-state index in [1.54, 1.807) is 24.7 Å². The molecule has 0 saturated carbocycles. The summed E-state index contributed by atoms with van der Waals surface area (Å²) >= 11 is 12.5. The number of nitrogens with zero attached hydrogens (tertiary/aromatic N) is 3. The van der Waals surface area contributed by atoms with Gasteiger partial charge in [0.25, 0.3) is 0 Å². The lowest BCUT2D eigenvalue weighted by Gasteiger charge is -2.28. The first-order valence-electron chi connectivity index (χ1n) is 10.4. The molecule has 0 bridgehead atoms. The van der Waals surface area contributed by atoms with Crippen molar-refractivity contribution in [2.75, 3.05) is 17.2 Å². The first-order chi connectivity index (χ1) is 15.2. The van der Waals surface area contributed by atoms with Crippen molar-refractivity contribution in [2.24, 2.45) is 0 Å². The van der Waals surface area contributed by atoms with Gasteiger partial charge in [0.15, 0.2) is 0 Å². The molecule has 168 valence electrons. The van der Waals surface area contributed by atoms with Crippen LogP contribution < -0.4 is 16.0 Å². The van der Waals surface area contributed by atoms with E-state index in [0.29, 0.717) is 27.9 Å². The van der Waals surface area contributed by atoms with Gasteiger partial charge in [-0.3, -0.25) is 4.98 Å². The summed E-state index contributed by atoms with van der Waals surface area (Å²) in [7, 11) is 0. The molecule has 0 aliphatic rings. The third-order valence-corrected chi connectivity index (χ3v) is 5.45. The van der Waals surface area contributed by atoms with Gasteiger partial charge in [0.1, 0.15) is 5.82 Å². The molecule has 8 heteroatoms. The fourth-order valence-corrected chi connectivity index (χ4v) is 3.47. The summed E-state index contributed by atoms with van der Waals surface area (Å²) in [6, 6.07) is 9.67. The van der Waals surface area contributed by atoms with Crippen LogP contribution in [0.5, 0.6) is 0 Å². The van der Waals surface area contributed by atoms with Crippen LogP contribution in [0.1, 0.15) is 27.7 Å². The maximum absolute atomic E-state index is 6.33. The molecule has 0 atom stereocenters. The second-order valence-electron chi connectivity index (χ2n) is 8.38. The Hall–Kier alpha value is -2.67. The Kier molecular flexibility index (Phi) is 7.72. The Bertz CT molecular complexity index is 1080. The van der Waals surface area contributed by atoms with Gasteiger partial charge in [-0.2, -0.15) is 4.98 Å². The van der Waals surface area contributed by atoms with E-state index in [1.807, 2.05) is 24.3 Å². The van der Waals surface area contributed by atoms with E-state index in [1.165, 1.54) is 0 Å². The number of anilines is 2. The maximum Gasteiger partial charge on any atom is 0.225 e. The normalized spacial score (nSPS) is 11.5. The number of hydrogen-bond donors (Lipinski definition) is 3. The van der Waals surface area contributed by atoms with Crippen molar-refractivity contribution in [2.45, 2.75) is 39.3 Å². The average Bonchev–Trinajstić information content (AvgIpc) is 2.75. The van der Waals surface area contributed by atoms with Crippen LogP contribution in [0.2, 0.25) is 10.0 Å². The van der Waals surface area contributed by atoms with Crippen LogP contribution in [0.15, 0.2) is 55.5 Å². The molecule has 0 spiro atoms. The molecule has 0 unspecified atom stereocenters. The molecule has 0 fully saturated rings. The van der Waals surface area contributed by atoms with E-state index in [4.69, 9.17) is 33.2 Å². The van der Waals surface area contributed by atoms with Gasteiger partial charge in [0.05, 0.1) is 21.3 Å². The zero-order valence-electron chi connectivity index (χ0n) is 18.7. The number of benzene rings is 1. The summed E-state index contributed by atoms with van der Waals surface area (Å²) in [6.07, 6.45) is 5.06. The minimum Gasteiger partial charge on any atom is -0.348 e. The number of halogens is 2. The van der Waals surface area contributed by atoms with Crippen LogP contribution in [0.25, 0.3) is 22.4 Å². The lowest BCUT2D eigenvalue weighted by molar-refractivity contribution is 0.466. The Morgan fingerprint density at radius 3 is 2.38 bits per heavy atom. The second kappa shape index (κ2) is 10.3. The van der Waals surface area contributed by atoms with Crippen molar-refractivity contribution in [3.63, 3.8) is 0 Å². The van der Waals surface area contributed by atoms with Crippen molar-refractivity contribution in [3.8, 4) is 22.4 Å². The van der Waals surface area contributed by atoms with Gasteiger partial charge in [0, 0.05) is 36.1 Å². The van der Waals surface area contributed by atoms with E-state index >= 15 is 0 Å². The number of pyridine rings is 1. The molecule has 0 amide bonds. The van der Waals surface area contributed by atoms with E-state index in [2.05, 4.69) is 55.2 Å². The number of aromatic nitrogens is 3. The highest BCUT2D eigenvalue weighted by atomic mass is 35.5. The molecule has 3 aromatic rings. The van der Waals surface area contributed by atoms with Crippen LogP contribution in [0.4, 0.5) is 11.8 Å². The van der Waals surface area contributed by atoms with Gasteiger partial charge in [-0.25, -0.2) is 4.98 Å². The number of hydrogen-bond acceptors (Lipinski definition) is 6. The average molecular weight is 471 g/mol. The Morgan fingerprint density at radius 2 is 1.75 bits per heavy atom. The fraction of sp³-hybridized carbons (Fsp3) is 0.292. The minimum atomic E-state index is -0.281. The minimum absolute atomic E-state index is 0.281. The molecule has 0 aliphatic carbocycles. The summed E-state index contributed by atoms with van der Waals surface area (Å²) in [6.45, 7) is 13.0. The molecule has 3 rings (SSSR count). The van der Waals surface area contributed by atoms with Crippen molar-refractivity contribution in [3.05, 3.63) is 65.5 Å². The van der Waals surface area contributed by atoms with Crippen LogP contribution >= 0.6 is 23.2 Å². The SMILES string of the molecule is C=CNc1nc(NC(C)(C)CNC(C)C)nc(-c2ccncc2)c1-c1ccc(Cl)c(Cl)c1. The molecule has 3 N–H and O–H groups in total. The molecule has 0 aliphatic heterocycles. The number of nitrogens with one attached hydrogen (secondary N) is 3. The van der Waals surface area contributed by atoms with Crippen molar-refractivity contribution in [1.82, 2.24) is 20.3 Å². The van der Waals surface area contributed by atoms with E-state index in [-0.39, 0.29) is 5.54 Å². The third-order valence-electron chi connectivity index (χ3n) is 4.71. The molecule has 32 heavy (non-hydrogen) atoms. The van der Waals surface area contributed by atoms with Crippen molar-refractivity contribution >= 4 is 35.0 Å². The predicted molar refractivity (Wildman–Crippen MR) is 135 cm³/mol. The largest absolute Gasteiger partial charge is 0.348 e. The quantitative estimate of drug-likeness (QED) is 0.342. The number of rotatable bonds is 9. The summed E-state index contributed by atoms with van der Waals surface area (Å²) < 4.78 is 0. The van der Waals surface area contributed by atoms with Gasteiger partial charge < -0.3 is 16.0 Å². The zero-order valence-corrected chi connectivity index (χ0v) is 20.2. The van der Waals surface area contributed by atoms with E-state index in [9.17, 15) is 0 Å². The van der Waals surface area contributed by atoms with Crippen LogP contribution in [-0.2, 0) is 0 Å². The Balaban J connectivity index is 2.17. The second-order valence-corrected chi connectivity index (χ2v) is 9.19. The van der Waals surface area contributed by atoms with E-state index in [0.717, 1.165) is 28.9 Å². The maximum atomic E-state index is 6.33. The molecule has 0 radical (unpaired) electrons. The van der Waals surface area contributed by atoms with Crippen molar-refractivity contribution in [1.29, 1.82) is 0 Å². The Morgan fingerprint density at radius 1 is 1.03 bits per heavy atom. The summed E-state index contributed by atoms with van der Waals surface area (Å²) in [5.41, 5.74) is 2.98. The fourth-order valence-electron chi connectivity index (χ4n) is 3.17. The smallest absolute Gasteiger partial charge is 0.225 e. The van der Waals surface area contributed by atoms with Crippen molar-refractivity contribution < 1.29 is 0 Å². The zero-order chi connectivity index (χ0) is 23.3. The molecule has 2 aromatic heterocycles. The van der Waals surface area contributed by atoms with Crippen LogP contribution in [0.3, 0.4) is 0 Å². The highest BCUT2D eigenvalue weighted by Gasteiger charge is 2.23. The molecule has 1 aromatic carbocycles. The van der Waals surface area contributed by atoms with E-state index < -0.39 is 0 Å². The standard InChI is InChI=1S/C24H28Cl2N6/c1-6-28-22-20(17-7-8-18(25)19(26)13-17)21(16-9-11-27-12-10-16)30-23(31-22)32-24(4,5)14-29-15(2)3/h6-13,15,29H,1,14H2,2-5H3,(H2,28,30,31,32). The lowest BCUT2D eigenvalue weighted by atomic mass is 10.00. The predicted octanol–water partition coefficient (Wildman–Crippen LogP) is 6.26. The van der Waals surface area contributed by atoms with Gasteiger partial charge >= 0.3 is 0 Å². The summed E-state index contributed by atoms with van der Waals surface area (Å²) in [4.78, 5) is 13.8. The summed E-state index contributed by atoms with van der Waals surface area (Å²) in [5.74, 6) is 1.11. The van der Waals surface area contributed by atoms with Gasteiger partial charge in [0.2, 0.25) is 5.95 Å². The first-order valence-corrected chi connectivity index (χ1v) is 11.1. The van der Waals surface area contributed by atoms with Crippen LogP contribution in [0, 0.1) is 0 Å². The van der Waals surface area contributed by atoms with Gasteiger partial charge in [-0.05, 0) is 49.9 Å². The highest BCUT2D eigenvalue weighted by Crippen LogP contribution is 2.39.